The van der Waals surface area contributed by atoms with E-state index in [1.807, 2.05) is 13.8 Å². The average molecular weight is 214 g/mol. The molecule has 4 N–H and O–H groups in total. The van der Waals surface area contributed by atoms with Crippen LogP contribution < -0.4 is 11.1 Å². The van der Waals surface area contributed by atoms with Gasteiger partial charge in [0.15, 0.2) is 0 Å². The van der Waals surface area contributed by atoms with E-state index in [2.05, 4.69) is 5.32 Å². The lowest BCUT2D eigenvalue weighted by Gasteiger charge is -2.26. The van der Waals surface area contributed by atoms with Crippen molar-refractivity contribution in [2.75, 3.05) is 13.2 Å². The predicted octanol–water partition coefficient (Wildman–Crippen LogP) is 0.249. The Labute approximate surface area is 91.2 Å². The van der Waals surface area contributed by atoms with Gasteiger partial charge in [-0.05, 0) is 26.7 Å². The van der Waals surface area contributed by atoms with Gasteiger partial charge in [-0.25, -0.2) is 0 Å². The van der Waals surface area contributed by atoms with Gasteiger partial charge in [-0.15, -0.1) is 0 Å². The Morgan fingerprint density at radius 2 is 2.20 bits per heavy atom. The number of hydrogen-bond acceptors (Lipinski definition) is 3. The quantitative estimate of drug-likeness (QED) is 0.628. The number of rotatable bonds is 4. The van der Waals surface area contributed by atoms with Crippen LogP contribution in [0.2, 0.25) is 0 Å². The molecule has 4 nitrogen and oxygen atoms in total. The van der Waals surface area contributed by atoms with Crippen molar-refractivity contribution in [1.82, 2.24) is 5.32 Å². The Hall–Kier alpha value is -0.610. The van der Waals surface area contributed by atoms with Gasteiger partial charge in [0, 0.05) is 25.1 Å². The summed E-state index contributed by atoms with van der Waals surface area (Å²) in [7, 11) is 0. The van der Waals surface area contributed by atoms with E-state index in [1.165, 1.54) is 0 Å². The molecule has 0 aliphatic heterocycles. The first kappa shape index (κ1) is 12.5. The third-order valence-electron chi connectivity index (χ3n) is 3.34. The van der Waals surface area contributed by atoms with Crippen molar-refractivity contribution in [1.29, 1.82) is 0 Å². The summed E-state index contributed by atoms with van der Waals surface area (Å²) in [5, 5.41) is 12.1. The van der Waals surface area contributed by atoms with Crippen molar-refractivity contribution in [3.05, 3.63) is 0 Å². The smallest absolute Gasteiger partial charge is 0.227 e. The van der Waals surface area contributed by atoms with Crippen LogP contribution in [0.1, 0.15) is 33.1 Å². The Bertz CT molecular complexity index is 229. The SMILES string of the molecule is CC(C)(CN)C(=O)NC1CCCC1CO. The lowest BCUT2D eigenvalue weighted by molar-refractivity contribution is -0.129. The van der Waals surface area contributed by atoms with Crippen LogP contribution in [0.5, 0.6) is 0 Å². The van der Waals surface area contributed by atoms with Gasteiger partial charge in [-0.2, -0.15) is 0 Å². The average Bonchev–Trinajstić information content (AvgIpc) is 2.65. The molecule has 1 fully saturated rings. The van der Waals surface area contributed by atoms with Crippen LogP contribution >= 0.6 is 0 Å². The van der Waals surface area contributed by atoms with Gasteiger partial charge in [-0.1, -0.05) is 6.42 Å². The molecule has 15 heavy (non-hydrogen) atoms. The summed E-state index contributed by atoms with van der Waals surface area (Å²) in [6.45, 7) is 4.18. The van der Waals surface area contributed by atoms with Crippen LogP contribution in [0.3, 0.4) is 0 Å². The molecule has 1 saturated carbocycles. The molecule has 0 aromatic heterocycles. The highest BCUT2D eigenvalue weighted by Gasteiger charge is 2.32. The zero-order valence-electron chi connectivity index (χ0n) is 9.62. The number of carbonyl (C=O) groups excluding carboxylic acids is 1. The standard InChI is InChI=1S/C11H22N2O2/c1-11(2,7-12)10(15)13-9-5-3-4-8(9)6-14/h8-9,14H,3-7,12H2,1-2H3,(H,13,15). The summed E-state index contributed by atoms with van der Waals surface area (Å²) < 4.78 is 0. The van der Waals surface area contributed by atoms with Crippen LogP contribution in [0, 0.1) is 11.3 Å². The van der Waals surface area contributed by atoms with Crippen molar-refractivity contribution in [2.24, 2.45) is 17.1 Å². The molecule has 88 valence electrons. The third-order valence-corrected chi connectivity index (χ3v) is 3.34. The topological polar surface area (TPSA) is 75.4 Å². The van der Waals surface area contributed by atoms with Crippen molar-refractivity contribution in [3.8, 4) is 0 Å². The fraction of sp³-hybridized carbons (Fsp3) is 0.909. The summed E-state index contributed by atoms with van der Waals surface area (Å²) in [5.41, 5.74) is 5.03. The molecule has 1 aliphatic carbocycles. The molecule has 0 aromatic carbocycles. The second-order valence-corrected chi connectivity index (χ2v) is 5.04. The minimum atomic E-state index is -0.511. The Morgan fingerprint density at radius 1 is 1.53 bits per heavy atom. The molecule has 1 aliphatic rings. The zero-order chi connectivity index (χ0) is 11.5. The Morgan fingerprint density at radius 3 is 2.73 bits per heavy atom. The number of aliphatic hydroxyl groups is 1. The van der Waals surface area contributed by atoms with E-state index in [4.69, 9.17) is 10.8 Å². The van der Waals surface area contributed by atoms with Gasteiger partial charge in [-0.3, -0.25) is 4.79 Å². The second kappa shape index (κ2) is 4.94. The van der Waals surface area contributed by atoms with Crippen LogP contribution in [-0.2, 0) is 4.79 Å². The van der Waals surface area contributed by atoms with E-state index in [9.17, 15) is 4.79 Å². The van der Waals surface area contributed by atoms with E-state index in [0.717, 1.165) is 19.3 Å². The molecule has 2 unspecified atom stereocenters. The first-order valence-corrected chi connectivity index (χ1v) is 5.63. The van der Waals surface area contributed by atoms with Gasteiger partial charge in [0.05, 0.1) is 5.41 Å². The summed E-state index contributed by atoms with van der Waals surface area (Å²) in [4.78, 5) is 11.8. The van der Waals surface area contributed by atoms with Gasteiger partial charge in [0.25, 0.3) is 0 Å². The Balaban J connectivity index is 2.51. The predicted molar refractivity (Wildman–Crippen MR) is 59.2 cm³/mol. The lowest BCUT2D eigenvalue weighted by atomic mass is 9.91. The maximum atomic E-state index is 11.8. The van der Waals surface area contributed by atoms with Gasteiger partial charge in [0.1, 0.15) is 0 Å². The molecular weight excluding hydrogens is 192 g/mol. The van der Waals surface area contributed by atoms with E-state index < -0.39 is 5.41 Å². The van der Waals surface area contributed by atoms with E-state index in [1.54, 1.807) is 0 Å². The summed E-state index contributed by atoms with van der Waals surface area (Å²) in [6.07, 6.45) is 3.06. The van der Waals surface area contributed by atoms with Gasteiger partial charge >= 0.3 is 0 Å². The monoisotopic (exact) mass is 214 g/mol. The second-order valence-electron chi connectivity index (χ2n) is 5.04. The first-order valence-electron chi connectivity index (χ1n) is 5.63. The fourth-order valence-corrected chi connectivity index (χ4v) is 1.90. The minimum absolute atomic E-state index is 0.00431. The first-order chi connectivity index (χ1) is 7.01. The molecule has 1 amide bonds. The largest absolute Gasteiger partial charge is 0.396 e. The summed E-state index contributed by atoms with van der Waals surface area (Å²) >= 11 is 0. The van der Waals surface area contributed by atoms with Crippen molar-refractivity contribution >= 4 is 5.91 Å². The number of amides is 1. The number of hydrogen-bond donors (Lipinski definition) is 3. The van der Waals surface area contributed by atoms with E-state index >= 15 is 0 Å². The van der Waals surface area contributed by atoms with Crippen molar-refractivity contribution < 1.29 is 9.90 Å². The third kappa shape index (κ3) is 2.92. The number of aliphatic hydroxyl groups excluding tert-OH is 1. The normalized spacial score (nSPS) is 26.7. The summed E-state index contributed by atoms with van der Waals surface area (Å²) in [6, 6.07) is 0.133. The molecule has 0 radical (unpaired) electrons. The molecule has 4 heteroatoms. The number of carbonyl (C=O) groups is 1. The highest BCUT2D eigenvalue weighted by molar-refractivity contribution is 5.82. The molecule has 0 heterocycles. The molecule has 0 saturated heterocycles. The maximum absolute atomic E-state index is 11.8. The molecule has 1 rings (SSSR count). The summed E-state index contributed by atoms with van der Waals surface area (Å²) in [5.74, 6) is 0.220. The maximum Gasteiger partial charge on any atom is 0.227 e. The molecule has 0 aromatic rings. The van der Waals surface area contributed by atoms with Crippen molar-refractivity contribution in [2.45, 2.75) is 39.2 Å². The zero-order valence-corrected chi connectivity index (χ0v) is 9.62. The van der Waals surface area contributed by atoms with Crippen molar-refractivity contribution in [3.63, 3.8) is 0 Å². The molecule has 0 spiro atoms. The minimum Gasteiger partial charge on any atom is -0.396 e. The fourth-order valence-electron chi connectivity index (χ4n) is 1.90. The molecular formula is C11H22N2O2. The van der Waals surface area contributed by atoms with E-state index in [0.29, 0.717) is 6.54 Å². The lowest BCUT2D eigenvalue weighted by Crippen LogP contribution is -2.47. The van der Waals surface area contributed by atoms with Gasteiger partial charge in [0.2, 0.25) is 5.91 Å². The van der Waals surface area contributed by atoms with Crippen LogP contribution in [0.4, 0.5) is 0 Å². The highest BCUT2D eigenvalue weighted by atomic mass is 16.3. The Kier molecular flexibility index (Phi) is 4.11. The number of nitrogens with two attached hydrogens (primary N) is 1. The van der Waals surface area contributed by atoms with E-state index in [-0.39, 0.29) is 24.5 Å². The molecule has 0 bridgehead atoms. The highest BCUT2D eigenvalue weighted by Crippen LogP contribution is 2.26. The van der Waals surface area contributed by atoms with Crippen LogP contribution in [0.15, 0.2) is 0 Å². The number of nitrogens with one attached hydrogen (secondary N) is 1. The molecule has 2 atom stereocenters. The van der Waals surface area contributed by atoms with Crippen LogP contribution in [-0.4, -0.2) is 30.2 Å². The van der Waals surface area contributed by atoms with Gasteiger partial charge < -0.3 is 16.2 Å². The van der Waals surface area contributed by atoms with Crippen LogP contribution in [0.25, 0.3) is 0 Å².